The van der Waals surface area contributed by atoms with E-state index in [1.807, 2.05) is 0 Å². The molecule has 0 bridgehead atoms. The van der Waals surface area contributed by atoms with Crippen molar-refractivity contribution in [1.29, 1.82) is 0 Å². The molecule has 3 rings (SSSR count). The molecule has 140 valence electrons. The second-order valence-electron chi connectivity index (χ2n) is 6.35. The Morgan fingerprint density at radius 2 is 1.96 bits per heavy atom. The van der Waals surface area contributed by atoms with E-state index in [-0.39, 0.29) is 30.4 Å². The van der Waals surface area contributed by atoms with Crippen LogP contribution < -0.4 is 0 Å². The van der Waals surface area contributed by atoms with Crippen molar-refractivity contribution >= 4 is 15.9 Å². The standard InChI is InChI=1S/C15H20N6O4S/c1-19(2)26(24,25)8-11-6-20(7-13(11)22)15(23)12-4-3-5-14(18-12)21-9-16-17-10-21/h3-5,9-11,13,22H,6-8H2,1-2H3/t11-,13+/m0/s1. The molecule has 1 N–H and O–H groups in total. The average molecular weight is 380 g/mol. The third-order valence-corrected chi connectivity index (χ3v) is 6.27. The molecule has 2 aromatic heterocycles. The summed E-state index contributed by atoms with van der Waals surface area (Å²) < 4.78 is 26.8. The summed E-state index contributed by atoms with van der Waals surface area (Å²) >= 11 is 0. The van der Waals surface area contributed by atoms with Crippen LogP contribution >= 0.6 is 0 Å². The molecule has 1 aliphatic heterocycles. The molecule has 0 saturated carbocycles. The molecule has 0 aliphatic carbocycles. The lowest BCUT2D eigenvalue weighted by molar-refractivity contribution is 0.0759. The lowest BCUT2D eigenvalue weighted by Crippen LogP contribution is -2.33. The van der Waals surface area contributed by atoms with Crippen LogP contribution in [0.4, 0.5) is 0 Å². The van der Waals surface area contributed by atoms with E-state index in [9.17, 15) is 18.3 Å². The van der Waals surface area contributed by atoms with E-state index in [0.717, 1.165) is 4.31 Å². The van der Waals surface area contributed by atoms with Crippen LogP contribution in [0.25, 0.3) is 5.82 Å². The fraction of sp³-hybridized carbons (Fsp3) is 0.467. The second-order valence-corrected chi connectivity index (χ2v) is 8.58. The molecule has 0 radical (unpaired) electrons. The van der Waals surface area contributed by atoms with Crippen LogP contribution in [0, 0.1) is 5.92 Å². The molecule has 0 unspecified atom stereocenters. The number of aliphatic hydroxyl groups is 1. The first-order valence-electron chi connectivity index (χ1n) is 7.97. The topological polar surface area (TPSA) is 122 Å². The third kappa shape index (κ3) is 3.74. The van der Waals surface area contributed by atoms with Crippen molar-refractivity contribution in [2.24, 2.45) is 5.92 Å². The monoisotopic (exact) mass is 380 g/mol. The van der Waals surface area contributed by atoms with Gasteiger partial charge in [-0.3, -0.25) is 9.36 Å². The van der Waals surface area contributed by atoms with Crippen molar-refractivity contribution in [3.05, 3.63) is 36.5 Å². The molecule has 1 amide bonds. The third-order valence-electron chi connectivity index (χ3n) is 4.31. The number of hydrogen-bond acceptors (Lipinski definition) is 7. The van der Waals surface area contributed by atoms with E-state index in [4.69, 9.17) is 0 Å². The van der Waals surface area contributed by atoms with Gasteiger partial charge in [-0.2, -0.15) is 0 Å². The number of hydrogen-bond donors (Lipinski definition) is 1. The van der Waals surface area contributed by atoms with E-state index < -0.39 is 22.0 Å². The summed E-state index contributed by atoms with van der Waals surface area (Å²) in [5.74, 6) is -0.609. The summed E-state index contributed by atoms with van der Waals surface area (Å²) in [5, 5.41) is 17.6. The molecule has 2 aromatic rings. The number of nitrogens with zero attached hydrogens (tertiary/aromatic N) is 6. The number of sulfonamides is 1. The van der Waals surface area contributed by atoms with E-state index in [1.54, 1.807) is 22.8 Å². The van der Waals surface area contributed by atoms with Crippen molar-refractivity contribution in [3.63, 3.8) is 0 Å². The van der Waals surface area contributed by atoms with Crippen LogP contribution in [0.2, 0.25) is 0 Å². The van der Waals surface area contributed by atoms with Crippen molar-refractivity contribution < 1.29 is 18.3 Å². The van der Waals surface area contributed by atoms with E-state index in [0.29, 0.717) is 5.82 Å². The maximum absolute atomic E-state index is 12.7. The van der Waals surface area contributed by atoms with E-state index >= 15 is 0 Å². The summed E-state index contributed by atoms with van der Waals surface area (Å²) in [6.07, 6.45) is 2.05. The van der Waals surface area contributed by atoms with Crippen molar-refractivity contribution in [2.45, 2.75) is 6.10 Å². The van der Waals surface area contributed by atoms with Crippen molar-refractivity contribution in [1.82, 2.24) is 29.0 Å². The van der Waals surface area contributed by atoms with E-state index in [1.165, 1.54) is 31.6 Å². The zero-order chi connectivity index (χ0) is 18.9. The van der Waals surface area contributed by atoms with Crippen molar-refractivity contribution in [3.8, 4) is 5.82 Å². The largest absolute Gasteiger partial charge is 0.391 e. The lowest BCUT2D eigenvalue weighted by atomic mass is 10.1. The molecule has 1 saturated heterocycles. The lowest BCUT2D eigenvalue weighted by Gasteiger charge is -2.18. The van der Waals surface area contributed by atoms with Gasteiger partial charge < -0.3 is 10.0 Å². The maximum Gasteiger partial charge on any atom is 0.272 e. The summed E-state index contributed by atoms with van der Waals surface area (Å²) in [7, 11) is -0.573. The van der Waals surface area contributed by atoms with Gasteiger partial charge in [0.2, 0.25) is 10.0 Å². The molecular formula is C15H20N6O4S. The predicted molar refractivity (Wildman–Crippen MR) is 92.0 cm³/mol. The Morgan fingerprint density at radius 1 is 1.27 bits per heavy atom. The van der Waals surface area contributed by atoms with Gasteiger partial charge in [-0.05, 0) is 12.1 Å². The van der Waals surface area contributed by atoms with Gasteiger partial charge in [0, 0.05) is 33.1 Å². The quantitative estimate of drug-likeness (QED) is 0.705. The van der Waals surface area contributed by atoms with Gasteiger partial charge in [-0.25, -0.2) is 17.7 Å². The smallest absolute Gasteiger partial charge is 0.272 e. The minimum atomic E-state index is -3.46. The molecule has 2 atom stereocenters. The normalized spacial score (nSPS) is 20.7. The van der Waals surface area contributed by atoms with Gasteiger partial charge in [-0.1, -0.05) is 6.07 Å². The number of β-amino-alcohol motifs (C(OH)–C–C–N with tert-alkyl or cyclic N) is 1. The number of aliphatic hydroxyl groups excluding tert-OH is 1. The van der Waals surface area contributed by atoms with Crippen LogP contribution in [0.1, 0.15) is 10.5 Å². The Labute approximate surface area is 151 Å². The van der Waals surface area contributed by atoms with Crippen LogP contribution in [-0.4, -0.2) is 87.4 Å². The first-order chi connectivity index (χ1) is 12.3. The number of carbonyl (C=O) groups is 1. The van der Waals surface area contributed by atoms with Crippen LogP contribution in [-0.2, 0) is 10.0 Å². The summed E-state index contributed by atoms with van der Waals surface area (Å²) in [6, 6.07) is 4.98. The number of aromatic nitrogens is 4. The molecule has 26 heavy (non-hydrogen) atoms. The highest BCUT2D eigenvalue weighted by Crippen LogP contribution is 2.21. The first-order valence-corrected chi connectivity index (χ1v) is 9.58. The summed E-state index contributed by atoms with van der Waals surface area (Å²) in [5.41, 5.74) is 0.208. The predicted octanol–water partition coefficient (Wildman–Crippen LogP) is -1.01. The highest BCUT2D eigenvalue weighted by Gasteiger charge is 2.37. The van der Waals surface area contributed by atoms with Gasteiger partial charge in [0.1, 0.15) is 24.2 Å². The number of carbonyl (C=O) groups excluding carboxylic acids is 1. The molecule has 1 fully saturated rings. The van der Waals surface area contributed by atoms with Crippen LogP contribution in [0.5, 0.6) is 0 Å². The van der Waals surface area contributed by atoms with Gasteiger partial charge in [0.25, 0.3) is 5.91 Å². The molecule has 0 aromatic carbocycles. The average Bonchev–Trinajstić information content (AvgIpc) is 3.25. The Bertz CT molecular complexity index is 883. The van der Waals surface area contributed by atoms with Gasteiger partial charge >= 0.3 is 0 Å². The molecule has 11 heteroatoms. The highest BCUT2D eigenvalue weighted by atomic mass is 32.2. The molecule has 0 spiro atoms. The number of likely N-dealkylation sites (tertiary alicyclic amines) is 1. The maximum atomic E-state index is 12.7. The minimum Gasteiger partial charge on any atom is -0.391 e. The summed E-state index contributed by atoms with van der Waals surface area (Å²) in [4.78, 5) is 18.4. The zero-order valence-corrected chi connectivity index (χ0v) is 15.2. The Morgan fingerprint density at radius 3 is 2.62 bits per heavy atom. The molecule has 1 aliphatic rings. The van der Waals surface area contributed by atoms with Crippen molar-refractivity contribution in [2.75, 3.05) is 32.9 Å². The SMILES string of the molecule is CN(C)S(=O)(=O)C[C@@H]1CN(C(=O)c2cccc(-n3cnnc3)n2)C[C@H]1O. The Balaban J connectivity index is 1.74. The van der Waals surface area contributed by atoms with Gasteiger partial charge in [0.15, 0.2) is 0 Å². The fourth-order valence-corrected chi connectivity index (χ4v) is 3.94. The Hall–Kier alpha value is -2.37. The second kappa shape index (κ2) is 7.09. The number of pyridine rings is 1. The van der Waals surface area contributed by atoms with Gasteiger partial charge in [-0.15, -0.1) is 10.2 Å². The van der Waals surface area contributed by atoms with Gasteiger partial charge in [0.05, 0.1) is 11.9 Å². The fourth-order valence-electron chi connectivity index (χ4n) is 2.77. The molecule has 10 nitrogen and oxygen atoms in total. The van der Waals surface area contributed by atoms with Crippen LogP contribution in [0.3, 0.4) is 0 Å². The number of rotatable bonds is 5. The van der Waals surface area contributed by atoms with Crippen LogP contribution in [0.15, 0.2) is 30.9 Å². The minimum absolute atomic E-state index is 0.0744. The van der Waals surface area contributed by atoms with E-state index in [2.05, 4.69) is 15.2 Å². The summed E-state index contributed by atoms with van der Waals surface area (Å²) in [6.45, 7) is 0.233. The molecule has 3 heterocycles. The number of amides is 1. The Kier molecular flexibility index (Phi) is 5.03. The zero-order valence-electron chi connectivity index (χ0n) is 14.4. The molecular weight excluding hydrogens is 360 g/mol. The highest BCUT2D eigenvalue weighted by molar-refractivity contribution is 7.89. The first kappa shape index (κ1) is 18.4.